The number of esters is 1. The Labute approximate surface area is 78.2 Å². The Morgan fingerprint density at radius 3 is 2.38 bits per heavy atom. The first-order chi connectivity index (χ1) is 5.93. The van der Waals surface area contributed by atoms with Crippen molar-refractivity contribution in [3.8, 4) is 0 Å². The van der Waals surface area contributed by atoms with Crippen LogP contribution in [0.15, 0.2) is 11.6 Å². The Balaban J connectivity index is 4.26. The molecule has 0 aromatic heterocycles. The van der Waals surface area contributed by atoms with E-state index in [0.717, 1.165) is 5.57 Å². The van der Waals surface area contributed by atoms with E-state index in [1.807, 2.05) is 0 Å². The van der Waals surface area contributed by atoms with Crippen LogP contribution in [0.2, 0.25) is 0 Å². The molecule has 0 radical (unpaired) electrons. The van der Waals surface area contributed by atoms with Gasteiger partial charge in [0.15, 0.2) is 0 Å². The molecule has 1 N–H and O–H groups in total. The van der Waals surface area contributed by atoms with Gasteiger partial charge in [0.2, 0.25) is 0 Å². The van der Waals surface area contributed by atoms with E-state index in [1.54, 1.807) is 20.8 Å². The molecule has 4 heteroatoms. The van der Waals surface area contributed by atoms with E-state index in [1.165, 1.54) is 13.2 Å². The van der Waals surface area contributed by atoms with E-state index < -0.39 is 11.9 Å². The number of allylic oxidation sites excluding steroid dienone is 1. The summed E-state index contributed by atoms with van der Waals surface area (Å²) in [5.41, 5.74) is 0.805. The Kier molecular flexibility index (Phi) is 4.66. The van der Waals surface area contributed by atoms with Gasteiger partial charge in [0.25, 0.3) is 0 Å². The van der Waals surface area contributed by atoms with Gasteiger partial charge < -0.3 is 14.6 Å². The fourth-order valence-electron chi connectivity index (χ4n) is 0.681. The summed E-state index contributed by atoms with van der Waals surface area (Å²) in [7, 11) is 1.28. The van der Waals surface area contributed by atoms with Gasteiger partial charge in [-0.2, -0.15) is 0 Å². The van der Waals surface area contributed by atoms with E-state index in [-0.39, 0.29) is 6.42 Å². The van der Waals surface area contributed by atoms with Crippen LogP contribution in [0.5, 0.6) is 0 Å². The third kappa shape index (κ3) is 4.65. The molecular weight excluding hydrogens is 172 g/mol. The number of aliphatic hydroxyl groups is 1. The van der Waals surface area contributed by atoms with Gasteiger partial charge in [-0.1, -0.05) is 12.5 Å². The van der Waals surface area contributed by atoms with Gasteiger partial charge in [-0.15, -0.1) is 0 Å². The molecule has 0 amide bonds. The maximum atomic E-state index is 11.0. The summed E-state index contributed by atoms with van der Waals surface area (Å²) in [4.78, 5) is 11.0. The summed E-state index contributed by atoms with van der Waals surface area (Å²) in [6.07, 6.45) is 1.48. The highest BCUT2D eigenvalue weighted by Crippen LogP contribution is 2.13. The van der Waals surface area contributed by atoms with Crippen LogP contribution in [0, 0.1) is 0 Å². The van der Waals surface area contributed by atoms with Crippen molar-refractivity contribution >= 4 is 5.97 Å². The minimum Gasteiger partial charge on any atom is -0.405 e. The van der Waals surface area contributed by atoms with Crippen molar-refractivity contribution in [3.63, 3.8) is 0 Å². The van der Waals surface area contributed by atoms with E-state index >= 15 is 0 Å². The molecule has 0 aliphatic rings. The first-order valence-electron chi connectivity index (χ1n) is 4.09. The lowest BCUT2D eigenvalue weighted by Crippen LogP contribution is -2.35. The van der Waals surface area contributed by atoms with Gasteiger partial charge in [0, 0.05) is 19.6 Å². The van der Waals surface area contributed by atoms with Gasteiger partial charge in [-0.05, 0) is 13.8 Å². The van der Waals surface area contributed by atoms with Crippen molar-refractivity contribution in [2.45, 2.75) is 33.2 Å². The summed E-state index contributed by atoms with van der Waals surface area (Å²) in [6.45, 7) is 5.18. The van der Waals surface area contributed by atoms with Gasteiger partial charge in [0.05, 0.1) is 0 Å². The summed E-state index contributed by atoms with van der Waals surface area (Å²) in [5, 5.41) is 9.42. The van der Waals surface area contributed by atoms with Gasteiger partial charge in [0.1, 0.15) is 0 Å². The first-order valence-corrected chi connectivity index (χ1v) is 4.09. The van der Waals surface area contributed by atoms with Crippen molar-refractivity contribution < 1.29 is 19.4 Å². The van der Waals surface area contributed by atoms with E-state index in [9.17, 15) is 9.90 Å². The second-order valence-corrected chi connectivity index (χ2v) is 2.91. The Morgan fingerprint density at radius 2 is 2.08 bits per heavy atom. The maximum absolute atomic E-state index is 11.0. The van der Waals surface area contributed by atoms with Gasteiger partial charge >= 0.3 is 11.9 Å². The number of rotatable bonds is 4. The van der Waals surface area contributed by atoms with Gasteiger partial charge in [-0.25, -0.2) is 4.79 Å². The third-order valence-electron chi connectivity index (χ3n) is 1.43. The number of ether oxygens (including phenoxy) is 2. The molecule has 0 aromatic rings. The Morgan fingerprint density at radius 1 is 1.54 bits per heavy atom. The number of carbonyl (C=O) groups excluding carboxylic acids is 1. The standard InChI is InChI=1S/C9H16O4/c1-5-9(11,12-4)13-8(10)6-7(2)3/h6,11H,5H2,1-4H3. The fraction of sp³-hybridized carbons (Fsp3) is 0.667. The van der Waals surface area contributed by atoms with Crippen molar-refractivity contribution in [3.05, 3.63) is 11.6 Å². The lowest BCUT2D eigenvalue weighted by atomic mass is 10.3. The van der Waals surface area contributed by atoms with Gasteiger partial charge in [-0.3, -0.25) is 0 Å². The zero-order valence-corrected chi connectivity index (χ0v) is 8.46. The molecule has 4 nitrogen and oxygen atoms in total. The summed E-state index contributed by atoms with van der Waals surface area (Å²) in [5.74, 6) is -2.41. The van der Waals surface area contributed by atoms with E-state index in [4.69, 9.17) is 0 Å². The molecule has 0 fully saturated rings. The molecular formula is C9H16O4. The lowest BCUT2D eigenvalue weighted by molar-refractivity contribution is -0.330. The van der Waals surface area contributed by atoms with Crippen LogP contribution in [0.1, 0.15) is 27.2 Å². The molecule has 0 spiro atoms. The minimum atomic E-state index is -1.80. The molecule has 0 aliphatic carbocycles. The summed E-state index contributed by atoms with van der Waals surface area (Å²) >= 11 is 0. The average Bonchev–Trinajstić information content (AvgIpc) is 2.02. The summed E-state index contributed by atoms with van der Waals surface area (Å²) in [6, 6.07) is 0. The van der Waals surface area contributed by atoms with Crippen LogP contribution in [-0.4, -0.2) is 24.2 Å². The number of hydrogen-bond acceptors (Lipinski definition) is 4. The van der Waals surface area contributed by atoms with Crippen molar-refractivity contribution in [1.29, 1.82) is 0 Å². The monoisotopic (exact) mass is 188 g/mol. The Bertz CT molecular complexity index is 200. The molecule has 76 valence electrons. The van der Waals surface area contributed by atoms with Crippen molar-refractivity contribution in [2.75, 3.05) is 7.11 Å². The molecule has 0 saturated heterocycles. The fourth-order valence-corrected chi connectivity index (χ4v) is 0.681. The first kappa shape index (κ1) is 12.1. The second-order valence-electron chi connectivity index (χ2n) is 2.91. The van der Waals surface area contributed by atoms with Crippen LogP contribution < -0.4 is 0 Å². The topological polar surface area (TPSA) is 55.8 Å². The van der Waals surface area contributed by atoms with Crippen LogP contribution in [0.4, 0.5) is 0 Å². The van der Waals surface area contributed by atoms with Crippen LogP contribution in [0.25, 0.3) is 0 Å². The van der Waals surface area contributed by atoms with Crippen LogP contribution >= 0.6 is 0 Å². The SMILES string of the molecule is CCC(O)(OC)OC(=O)C=C(C)C. The normalized spacial score (nSPS) is 14.5. The van der Waals surface area contributed by atoms with Crippen LogP contribution in [0.3, 0.4) is 0 Å². The highest BCUT2D eigenvalue weighted by molar-refractivity contribution is 5.82. The highest BCUT2D eigenvalue weighted by Gasteiger charge is 2.28. The lowest BCUT2D eigenvalue weighted by Gasteiger charge is -2.23. The zero-order valence-electron chi connectivity index (χ0n) is 8.46. The molecule has 0 aliphatic heterocycles. The molecule has 1 atom stereocenters. The highest BCUT2D eigenvalue weighted by atomic mass is 16.8. The molecule has 13 heavy (non-hydrogen) atoms. The predicted octanol–water partition coefficient (Wildman–Crippen LogP) is 1.20. The molecule has 0 bridgehead atoms. The molecule has 1 unspecified atom stereocenters. The maximum Gasteiger partial charge on any atom is 0.334 e. The van der Waals surface area contributed by atoms with E-state index in [2.05, 4.69) is 9.47 Å². The third-order valence-corrected chi connectivity index (χ3v) is 1.43. The van der Waals surface area contributed by atoms with Crippen LogP contribution in [-0.2, 0) is 14.3 Å². The largest absolute Gasteiger partial charge is 0.405 e. The number of hydrogen-bond donors (Lipinski definition) is 1. The van der Waals surface area contributed by atoms with Crippen molar-refractivity contribution in [1.82, 2.24) is 0 Å². The smallest absolute Gasteiger partial charge is 0.334 e. The van der Waals surface area contributed by atoms with Crippen molar-refractivity contribution in [2.24, 2.45) is 0 Å². The summed E-state index contributed by atoms with van der Waals surface area (Å²) < 4.78 is 9.29. The number of methoxy groups -OCH3 is 1. The Hall–Kier alpha value is -0.870. The quantitative estimate of drug-likeness (QED) is 0.409. The molecule has 0 rings (SSSR count). The second kappa shape index (κ2) is 4.99. The number of carbonyl (C=O) groups is 1. The molecule has 0 heterocycles. The minimum absolute atomic E-state index is 0.186. The zero-order chi connectivity index (χ0) is 10.5. The average molecular weight is 188 g/mol. The molecule has 0 saturated carbocycles. The predicted molar refractivity (Wildman–Crippen MR) is 47.8 cm³/mol. The molecule has 0 aromatic carbocycles. The van der Waals surface area contributed by atoms with E-state index in [0.29, 0.717) is 0 Å².